The van der Waals surface area contributed by atoms with Crippen LogP contribution in [0.15, 0.2) is 0 Å². The molecule has 0 saturated heterocycles. The summed E-state index contributed by atoms with van der Waals surface area (Å²) >= 11 is 0. The Morgan fingerprint density at radius 1 is 1.31 bits per heavy atom. The summed E-state index contributed by atoms with van der Waals surface area (Å²) < 4.78 is 0. The summed E-state index contributed by atoms with van der Waals surface area (Å²) in [5.74, 6) is -1.40. The summed E-state index contributed by atoms with van der Waals surface area (Å²) in [5, 5.41) is 19.6. The van der Waals surface area contributed by atoms with Gasteiger partial charge in [-0.15, -0.1) is 0 Å². The molecule has 0 aromatic carbocycles. The van der Waals surface area contributed by atoms with E-state index in [1.54, 1.807) is 13.8 Å². The van der Waals surface area contributed by atoms with Crippen LogP contribution in [0.3, 0.4) is 0 Å². The van der Waals surface area contributed by atoms with E-state index in [0.29, 0.717) is 5.41 Å². The fourth-order valence-corrected chi connectivity index (χ4v) is 2.73. The molecule has 1 atom stereocenters. The quantitative estimate of drug-likeness (QED) is 0.780. The number of carboxylic acid groups (broad SMARTS) is 1. The molecule has 16 heavy (non-hydrogen) atoms. The average molecular weight is 228 g/mol. The molecule has 1 aliphatic rings. The minimum atomic E-state index is -1.55. The van der Waals surface area contributed by atoms with Crippen LogP contribution in [0.25, 0.3) is 0 Å². The highest BCUT2D eigenvalue weighted by Gasteiger charge is 2.48. The molecule has 94 valence electrons. The number of carbonyl (C=O) groups is 1. The Balaban J connectivity index is 2.80. The van der Waals surface area contributed by atoms with Crippen LogP contribution in [-0.4, -0.2) is 21.8 Å². The maximum absolute atomic E-state index is 11.3. The van der Waals surface area contributed by atoms with Gasteiger partial charge < -0.3 is 10.2 Å². The first-order valence-electron chi connectivity index (χ1n) is 6.16. The van der Waals surface area contributed by atoms with Gasteiger partial charge in [0.15, 0.2) is 5.60 Å². The van der Waals surface area contributed by atoms with Gasteiger partial charge in [-0.3, -0.25) is 0 Å². The van der Waals surface area contributed by atoms with Crippen molar-refractivity contribution in [1.29, 1.82) is 0 Å². The lowest BCUT2D eigenvalue weighted by molar-refractivity contribution is -0.175. The summed E-state index contributed by atoms with van der Waals surface area (Å²) in [6, 6.07) is 0. The first-order chi connectivity index (χ1) is 7.20. The molecule has 0 aromatic rings. The lowest BCUT2D eigenvalue weighted by atomic mass is 9.65. The van der Waals surface area contributed by atoms with Crippen LogP contribution in [0.2, 0.25) is 0 Å². The van der Waals surface area contributed by atoms with Gasteiger partial charge in [0.1, 0.15) is 0 Å². The predicted molar refractivity (Wildman–Crippen MR) is 63.2 cm³/mol. The largest absolute Gasteiger partial charge is 0.479 e. The second kappa shape index (κ2) is 4.36. The zero-order valence-corrected chi connectivity index (χ0v) is 10.8. The molecule has 0 amide bonds. The second-order valence-electron chi connectivity index (χ2n) is 6.22. The Labute approximate surface area is 97.9 Å². The van der Waals surface area contributed by atoms with Gasteiger partial charge in [0.25, 0.3) is 0 Å². The van der Waals surface area contributed by atoms with Crippen molar-refractivity contribution in [1.82, 2.24) is 0 Å². The van der Waals surface area contributed by atoms with E-state index in [4.69, 9.17) is 0 Å². The molecule has 0 spiro atoms. The average Bonchev–Trinajstić information content (AvgIpc) is 2.15. The lowest BCUT2D eigenvalue weighted by Crippen LogP contribution is -2.51. The molecule has 0 heterocycles. The number of aliphatic hydroxyl groups is 1. The minimum absolute atomic E-state index is 0.0991. The minimum Gasteiger partial charge on any atom is -0.479 e. The van der Waals surface area contributed by atoms with Gasteiger partial charge in [-0.25, -0.2) is 4.79 Å². The fraction of sp³-hybridized carbons (Fsp3) is 0.923. The summed E-state index contributed by atoms with van der Waals surface area (Å²) in [6.07, 6.45) is 3.63. The zero-order valence-electron chi connectivity index (χ0n) is 10.8. The molecule has 2 N–H and O–H groups in total. The Morgan fingerprint density at radius 3 is 2.06 bits per heavy atom. The van der Waals surface area contributed by atoms with Crippen LogP contribution in [0, 0.1) is 17.3 Å². The number of hydrogen-bond acceptors (Lipinski definition) is 2. The van der Waals surface area contributed by atoms with Gasteiger partial charge >= 0.3 is 5.97 Å². The normalized spacial score (nSPS) is 25.4. The standard InChI is InChI=1S/C13H24O3/c1-9(2)13(16,11(14)15)10-5-7-12(3,4)8-6-10/h9-10,16H,5-8H2,1-4H3,(H,14,15). The van der Waals surface area contributed by atoms with E-state index < -0.39 is 11.6 Å². The van der Waals surface area contributed by atoms with E-state index in [-0.39, 0.29) is 11.8 Å². The van der Waals surface area contributed by atoms with E-state index in [9.17, 15) is 15.0 Å². The molecule has 1 rings (SSSR count). The molecular formula is C13H24O3. The SMILES string of the molecule is CC(C)C(O)(C(=O)O)C1CCC(C)(C)CC1. The van der Waals surface area contributed by atoms with Crippen LogP contribution >= 0.6 is 0 Å². The third kappa shape index (κ3) is 2.40. The van der Waals surface area contributed by atoms with Crippen molar-refractivity contribution in [2.75, 3.05) is 0 Å². The molecule has 3 nitrogen and oxygen atoms in total. The van der Waals surface area contributed by atoms with Crippen molar-refractivity contribution in [3.8, 4) is 0 Å². The fourth-order valence-electron chi connectivity index (χ4n) is 2.73. The van der Waals surface area contributed by atoms with Gasteiger partial charge in [0.05, 0.1) is 0 Å². The first kappa shape index (κ1) is 13.5. The summed E-state index contributed by atoms with van der Waals surface area (Å²) in [5.41, 5.74) is -1.25. The van der Waals surface area contributed by atoms with Crippen molar-refractivity contribution < 1.29 is 15.0 Å². The molecule has 1 fully saturated rings. The van der Waals surface area contributed by atoms with E-state index in [1.165, 1.54) is 0 Å². The molecule has 0 radical (unpaired) electrons. The Hall–Kier alpha value is -0.570. The van der Waals surface area contributed by atoms with Crippen molar-refractivity contribution in [2.45, 2.75) is 59.0 Å². The number of carboxylic acids is 1. The van der Waals surface area contributed by atoms with E-state index in [2.05, 4.69) is 13.8 Å². The molecule has 1 aliphatic carbocycles. The summed E-state index contributed by atoms with van der Waals surface area (Å²) in [4.78, 5) is 11.3. The van der Waals surface area contributed by atoms with Crippen LogP contribution in [0.5, 0.6) is 0 Å². The molecule has 1 unspecified atom stereocenters. The molecular weight excluding hydrogens is 204 g/mol. The van der Waals surface area contributed by atoms with Crippen LogP contribution in [-0.2, 0) is 4.79 Å². The molecule has 0 aliphatic heterocycles. The van der Waals surface area contributed by atoms with Crippen molar-refractivity contribution in [3.05, 3.63) is 0 Å². The van der Waals surface area contributed by atoms with Crippen LogP contribution < -0.4 is 0 Å². The Kier molecular flexibility index (Phi) is 3.68. The highest BCUT2D eigenvalue weighted by molar-refractivity contribution is 5.78. The molecule has 0 aromatic heterocycles. The van der Waals surface area contributed by atoms with Gasteiger partial charge in [-0.05, 0) is 42.9 Å². The summed E-state index contributed by atoms with van der Waals surface area (Å²) in [6.45, 7) is 7.98. The zero-order chi connectivity index (χ0) is 12.6. The Bertz CT molecular complexity index is 260. The monoisotopic (exact) mass is 228 g/mol. The van der Waals surface area contributed by atoms with Gasteiger partial charge in [0, 0.05) is 0 Å². The van der Waals surface area contributed by atoms with Crippen molar-refractivity contribution in [2.24, 2.45) is 17.3 Å². The third-order valence-corrected chi connectivity index (χ3v) is 4.18. The van der Waals surface area contributed by atoms with Crippen molar-refractivity contribution in [3.63, 3.8) is 0 Å². The number of hydrogen-bond donors (Lipinski definition) is 2. The molecule has 1 saturated carbocycles. The second-order valence-corrected chi connectivity index (χ2v) is 6.22. The lowest BCUT2D eigenvalue weighted by Gasteiger charge is -2.42. The number of aliphatic carboxylic acids is 1. The van der Waals surface area contributed by atoms with Gasteiger partial charge in [0.2, 0.25) is 0 Å². The highest BCUT2D eigenvalue weighted by atomic mass is 16.4. The topological polar surface area (TPSA) is 57.5 Å². The molecule has 3 heteroatoms. The van der Waals surface area contributed by atoms with Crippen LogP contribution in [0.4, 0.5) is 0 Å². The maximum Gasteiger partial charge on any atom is 0.336 e. The smallest absolute Gasteiger partial charge is 0.336 e. The highest BCUT2D eigenvalue weighted by Crippen LogP contribution is 2.44. The van der Waals surface area contributed by atoms with E-state index in [1.807, 2.05) is 0 Å². The van der Waals surface area contributed by atoms with E-state index in [0.717, 1.165) is 25.7 Å². The van der Waals surface area contributed by atoms with E-state index >= 15 is 0 Å². The Morgan fingerprint density at radius 2 is 1.75 bits per heavy atom. The molecule has 0 bridgehead atoms. The third-order valence-electron chi connectivity index (χ3n) is 4.18. The van der Waals surface area contributed by atoms with Gasteiger partial charge in [-0.1, -0.05) is 27.7 Å². The van der Waals surface area contributed by atoms with Gasteiger partial charge in [-0.2, -0.15) is 0 Å². The number of rotatable bonds is 3. The predicted octanol–water partition coefficient (Wildman–Crippen LogP) is 2.67. The first-order valence-corrected chi connectivity index (χ1v) is 6.16. The van der Waals surface area contributed by atoms with Crippen LogP contribution in [0.1, 0.15) is 53.4 Å². The van der Waals surface area contributed by atoms with Crippen molar-refractivity contribution >= 4 is 5.97 Å². The summed E-state index contributed by atoms with van der Waals surface area (Å²) in [7, 11) is 0. The maximum atomic E-state index is 11.3.